The highest BCUT2D eigenvalue weighted by atomic mass is 32.2. The minimum absolute atomic E-state index is 0.107. The molecule has 9 nitrogen and oxygen atoms in total. The molecule has 0 atom stereocenters. The number of carbonyl (C=O) groups excluding carboxylic acids is 1. The number of fused-ring (bicyclic) bond motifs is 1. The van der Waals surface area contributed by atoms with Crippen molar-refractivity contribution in [2.45, 2.75) is 11.8 Å². The number of aryl methyl sites for hydroxylation is 1. The lowest BCUT2D eigenvalue weighted by atomic mass is 10.2. The number of rotatable bonds is 5. The number of aromatic nitrogens is 4. The summed E-state index contributed by atoms with van der Waals surface area (Å²) >= 11 is 0. The topological polar surface area (TPSA) is 110 Å². The van der Waals surface area contributed by atoms with Gasteiger partial charge in [0.25, 0.3) is 5.91 Å². The van der Waals surface area contributed by atoms with Gasteiger partial charge in [-0.05, 0) is 49.4 Å². The van der Waals surface area contributed by atoms with Gasteiger partial charge in [0.05, 0.1) is 22.0 Å². The molecule has 0 radical (unpaired) electrons. The number of benzene rings is 1. The van der Waals surface area contributed by atoms with Crippen LogP contribution in [-0.4, -0.2) is 52.1 Å². The largest absolute Gasteiger partial charge is 0.298 e. The van der Waals surface area contributed by atoms with Crippen LogP contribution in [0.2, 0.25) is 0 Å². The molecule has 1 amide bonds. The molecule has 0 aliphatic heterocycles. The molecule has 1 N–H and O–H groups in total. The molecule has 0 fully saturated rings. The molecule has 4 rings (SSSR count). The van der Waals surface area contributed by atoms with Crippen molar-refractivity contribution in [3.05, 3.63) is 72.2 Å². The molecule has 31 heavy (non-hydrogen) atoms. The first-order valence-corrected chi connectivity index (χ1v) is 10.8. The van der Waals surface area contributed by atoms with E-state index >= 15 is 0 Å². The van der Waals surface area contributed by atoms with E-state index in [-0.39, 0.29) is 16.4 Å². The van der Waals surface area contributed by atoms with E-state index in [0.717, 1.165) is 21.3 Å². The fourth-order valence-corrected chi connectivity index (χ4v) is 4.04. The van der Waals surface area contributed by atoms with Crippen molar-refractivity contribution in [3.63, 3.8) is 0 Å². The van der Waals surface area contributed by atoms with Crippen LogP contribution in [0.4, 0.5) is 5.95 Å². The van der Waals surface area contributed by atoms with Crippen molar-refractivity contribution in [1.82, 2.24) is 23.7 Å². The highest BCUT2D eigenvalue weighted by Crippen LogP contribution is 2.23. The second-order valence-corrected chi connectivity index (χ2v) is 9.16. The van der Waals surface area contributed by atoms with Crippen LogP contribution in [0.5, 0.6) is 0 Å². The quantitative estimate of drug-likeness (QED) is 0.515. The van der Waals surface area contributed by atoms with Crippen LogP contribution in [0, 0.1) is 6.92 Å². The molecule has 3 aromatic heterocycles. The van der Waals surface area contributed by atoms with Crippen LogP contribution in [0.25, 0.3) is 17.0 Å². The normalized spacial score (nSPS) is 11.7. The number of carbonyl (C=O) groups is 1. The van der Waals surface area contributed by atoms with Crippen molar-refractivity contribution >= 4 is 27.5 Å². The molecule has 0 aliphatic carbocycles. The Morgan fingerprint density at radius 3 is 2.48 bits per heavy atom. The van der Waals surface area contributed by atoms with E-state index in [1.807, 2.05) is 35.7 Å². The van der Waals surface area contributed by atoms with Gasteiger partial charge in [-0.15, -0.1) is 0 Å². The zero-order chi connectivity index (χ0) is 22.2. The number of nitrogens with zero attached hydrogens (tertiary/aromatic N) is 5. The maximum absolute atomic E-state index is 12.6. The number of hydrogen-bond acceptors (Lipinski definition) is 6. The third-order valence-corrected chi connectivity index (χ3v) is 6.55. The van der Waals surface area contributed by atoms with E-state index in [4.69, 9.17) is 0 Å². The summed E-state index contributed by atoms with van der Waals surface area (Å²) in [6.45, 7) is 1.89. The summed E-state index contributed by atoms with van der Waals surface area (Å²) < 4.78 is 27.4. The molecule has 0 spiro atoms. The van der Waals surface area contributed by atoms with Crippen LogP contribution < -0.4 is 5.32 Å². The van der Waals surface area contributed by atoms with Gasteiger partial charge in [0.2, 0.25) is 16.0 Å². The second kappa shape index (κ2) is 7.89. The SMILES string of the molecule is Cc1nc2ccccn2c1-c1ccnc(NC(=O)c2ccc(S(=O)(=O)N(C)C)cc2)n1. The predicted molar refractivity (Wildman–Crippen MR) is 116 cm³/mol. The van der Waals surface area contributed by atoms with Crippen molar-refractivity contribution in [2.75, 3.05) is 19.4 Å². The lowest BCUT2D eigenvalue weighted by Gasteiger charge is -2.11. The Morgan fingerprint density at radius 1 is 1.03 bits per heavy atom. The number of sulfonamides is 1. The Bertz CT molecular complexity index is 1380. The summed E-state index contributed by atoms with van der Waals surface area (Å²) in [7, 11) is -0.662. The molecule has 158 valence electrons. The first-order chi connectivity index (χ1) is 14.8. The number of anilines is 1. The van der Waals surface area contributed by atoms with Gasteiger partial charge in [-0.1, -0.05) is 6.07 Å². The Kier molecular flexibility index (Phi) is 5.25. The summed E-state index contributed by atoms with van der Waals surface area (Å²) in [4.78, 5) is 25.8. The maximum atomic E-state index is 12.6. The zero-order valence-electron chi connectivity index (χ0n) is 17.1. The summed E-state index contributed by atoms with van der Waals surface area (Å²) in [6.07, 6.45) is 3.46. The van der Waals surface area contributed by atoms with E-state index in [1.165, 1.54) is 38.4 Å². The van der Waals surface area contributed by atoms with Crippen LogP contribution >= 0.6 is 0 Å². The molecule has 0 unspecified atom stereocenters. The molecule has 1 aromatic carbocycles. The lowest BCUT2D eigenvalue weighted by molar-refractivity contribution is 0.102. The highest BCUT2D eigenvalue weighted by Gasteiger charge is 2.18. The number of pyridine rings is 1. The number of amides is 1. The fraction of sp³-hybridized carbons (Fsp3) is 0.143. The van der Waals surface area contributed by atoms with Gasteiger partial charge in [0.1, 0.15) is 5.65 Å². The minimum Gasteiger partial charge on any atom is -0.298 e. The predicted octanol–water partition coefficient (Wildman–Crippen LogP) is 2.60. The van der Waals surface area contributed by atoms with Gasteiger partial charge >= 0.3 is 0 Å². The van der Waals surface area contributed by atoms with E-state index in [0.29, 0.717) is 5.69 Å². The molecular formula is C21H20N6O3S. The van der Waals surface area contributed by atoms with Gasteiger partial charge in [0, 0.05) is 32.1 Å². The van der Waals surface area contributed by atoms with Crippen LogP contribution in [0.15, 0.2) is 65.8 Å². The Hall–Kier alpha value is -3.63. The van der Waals surface area contributed by atoms with E-state index in [1.54, 1.807) is 12.3 Å². The Balaban J connectivity index is 1.59. The second-order valence-electron chi connectivity index (χ2n) is 7.01. The minimum atomic E-state index is -3.56. The molecule has 0 saturated heterocycles. The monoisotopic (exact) mass is 436 g/mol. The third-order valence-electron chi connectivity index (χ3n) is 4.72. The van der Waals surface area contributed by atoms with Gasteiger partial charge in [-0.25, -0.2) is 27.7 Å². The number of nitrogens with one attached hydrogen (secondary N) is 1. The number of hydrogen-bond donors (Lipinski definition) is 1. The van der Waals surface area contributed by atoms with Crippen molar-refractivity contribution in [1.29, 1.82) is 0 Å². The Morgan fingerprint density at radius 2 is 1.77 bits per heavy atom. The smallest absolute Gasteiger partial charge is 0.258 e. The van der Waals surface area contributed by atoms with Gasteiger partial charge in [0.15, 0.2) is 0 Å². The van der Waals surface area contributed by atoms with Gasteiger partial charge < -0.3 is 0 Å². The first-order valence-electron chi connectivity index (χ1n) is 9.38. The third kappa shape index (κ3) is 3.90. The molecule has 0 aliphatic rings. The Labute approximate surface area is 179 Å². The summed E-state index contributed by atoms with van der Waals surface area (Å²) in [5.74, 6) is -0.307. The maximum Gasteiger partial charge on any atom is 0.258 e. The van der Waals surface area contributed by atoms with E-state index in [2.05, 4.69) is 20.3 Å². The summed E-state index contributed by atoms with van der Waals surface area (Å²) in [5, 5.41) is 2.66. The van der Waals surface area contributed by atoms with Crippen molar-refractivity contribution in [3.8, 4) is 11.4 Å². The van der Waals surface area contributed by atoms with E-state index < -0.39 is 15.9 Å². The zero-order valence-corrected chi connectivity index (χ0v) is 18.0. The molecular weight excluding hydrogens is 416 g/mol. The highest BCUT2D eigenvalue weighted by molar-refractivity contribution is 7.89. The average molecular weight is 436 g/mol. The standard InChI is InChI=1S/C21H20N6O3S/c1-14-19(27-13-5-4-6-18(27)23-14)17-11-12-22-21(24-17)25-20(28)15-7-9-16(10-8-15)31(29,30)26(2)3/h4-13H,1-3H3,(H,22,24,25,28). The molecule has 3 heterocycles. The molecule has 10 heteroatoms. The van der Waals surface area contributed by atoms with E-state index in [9.17, 15) is 13.2 Å². The fourth-order valence-electron chi connectivity index (χ4n) is 3.14. The van der Waals surface area contributed by atoms with Crippen molar-refractivity contribution in [2.24, 2.45) is 0 Å². The van der Waals surface area contributed by atoms with Crippen molar-refractivity contribution < 1.29 is 13.2 Å². The average Bonchev–Trinajstić information content (AvgIpc) is 3.09. The molecule has 0 bridgehead atoms. The molecule has 0 saturated carbocycles. The van der Waals surface area contributed by atoms with Crippen LogP contribution in [-0.2, 0) is 10.0 Å². The summed E-state index contributed by atoms with van der Waals surface area (Å²) in [5.41, 5.74) is 3.32. The first kappa shape index (κ1) is 20.6. The van der Waals surface area contributed by atoms with Gasteiger partial charge in [-0.3, -0.25) is 14.5 Å². The lowest BCUT2D eigenvalue weighted by Crippen LogP contribution is -2.22. The van der Waals surface area contributed by atoms with Crippen LogP contribution in [0.1, 0.15) is 16.1 Å². The van der Waals surface area contributed by atoms with Gasteiger partial charge in [-0.2, -0.15) is 0 Å². The number of imidazole rings is 1. The molecule has 4 aromatic rings. The summed E-state index contributed by atoms with van der Waals surface area (Å²) in [6, 6.07) is 13.1. The van der Waals surface area contributed by atoms with Crippen LogP contribution in [0.3, 0.4) is 0 Å².